The summed E-state index contributed by atoms with van der Waals surface area (Å²) in [5.74, 6) is 1.51. The van der Waals surface area contributed by atoms with Gasteiger partial charge < -0.3 is 5.32 Å². The van der Waals surface area contributed by atoms with Crippen LogP contribution in [0.5, 0.6) is 0 Å². The first kappa shape index (κ1) is 64.3. The fourth-order valence-corrected chi connectivity index (χ4v) is 3540. The molecule has 5 nitrogen and oxygen atoms in total. The Kier molecular flexibility index (Phi) is 23.0. The first-order valence-corrected chi connectivity index (χ1v) is 155. The van der Waals surface area contributed by atoms with E-state index < -0.39 is 73.7 Å². The molecule has 44 heteroatoms. The summed E-state index contributed by atoms with van der Waals surface area (Å²) in [6, 6.07) is 20.4. The first-order chi connectivity index (χ1) is 29.1. The average Bonchev–Trinajstić information content (AvgIpc) is 3.51. The van der Waals surface area contributed by atoms with Gasteiger partial charge in [0, 0.05) is 12.7 Å². The number of aromatic nitrogens is 4. The van der Waals surface area contributed by atoms with Gasteiger partial charge in [-0.1, -0.05) is 60.7 Å². The zero-order valence-corrected chi connectivity index (χ0v) is 113. The predicted molar refractivity (Wildman–Crippen MR) is 442 cm³/mol. The zero-order valence-electron chi connectivity index (χ0n) is 47.2. The molecule has 364 valence electrons. The zero-order chi connectivity index (χ0) is 50.5. The second-order valence-electron chi connectivity index (χ2n) is 27.9. The van der Waals surface area contributed by atoms with Crippen molar-refractivity contribution >= 4 is 365 Å². The molecule has 0 aliphatic heterocycles. The highest BCUT2D eigenvalue weighted by Crippen LogP contribution is 2.50. The molecule has 0 spiro atoms. The molecule has 1 unspecified atom stereocenters. The number of rotatable bonds is 17. The summed E-state index contributed by atoms with van der Waals surface area (Å²) in [5, 5.41) is 8.76. The molecular formula is C21H99N5Si39. The number of benzene rings is 2. The van der Waals surface area contributed by atoms with Crippen molar-refractivity contribution in [2.24, 2.45) is 0 Å². The maximum atomic E-state index is 4.56. The van der Waals surface area contributed by atoms with Gasteiger partial charge in [0.15, 0.2) is 5.65 Å². The topological polar surface area (TPSA) is 55.6 Å². The van der Waals surface area contributed by atoms with Crippen molar-refractivity contribution in [2.75, 3.05) is 5.32 Å². The Bertz CT molecular complexity index is 2120. The van der Waals surface area contributed by atoms with E-state index in [1.165, 1.54) is 5.56 Å². The van der Waals surface area contributed by atoms with Gasteiger partial charge in [-0.2, -0.15) is 5.10 Å². The van der Waals surface area contributed by atoms with Crippen LogP contribution >= 0.6 is 0 Å². The lowest BCUT2D eigenvalue weighted by Gasteiger charge is -2.86. The molecule has 0 aliphatic rings. The number of aryl methyl sites for hydroxylation is 1. The SMILES string of the molecule is Cc1nc(NCc2ccccc2)c2cnn(/C=C/c3ccccc3)c2n1.[SiH3][SiH2][Si]([SiH3])([Si]([SiH3])([SiH3])[SiH3])[Si]([Si]([SiH3])([SiH3])[SiH3])([Si]([Si]([SiH3])([SiH3])[SiH3])([Si]([SiH3])([SiH3])[SiH3])[Si]([SiH3])([SiH3])[SiH3])[Si]([Si]([SiH3])([SiH3])[SiH3])([Si]([SiH3])([SiH3])[SiH3])[Si]([SiH3])([SiH3])[SiH3]. The van der Waals surface area contributed by atoms with Gasteiger partial charge in [0.05, 0.1) is 11.6 Å². The standard InChI is InChI=1S/C21H19N5.H80Si39/c1-16-24-20(22-14-18-10-6-3-7-11-18)19-15-23-26(21(19)25-16)13-12-17-8-4-2-5-9-17;1-27-36(26,28(2,3)4)39(35(23,24)25,37(29(5,6)7,30(8,9)10)31(11,12)13)38(32(14,15)16,33(17,18)19)34(20,21)22/h2-13,15H,14H2,1H3,(H,22,24,25);27H2,1-26H3/b13-12+;. The minimum Gasteiger partial charge on any atom is -0.365 e. The molecule has 2 aromatic carbocycles. The average molecular weight is 1520 g/mol. The molecule has 65 heavy (non-hydrogen) atoms. The van der Waals surface area contributed by atoms with Crippen LogP contribution in [0.1, 0.15) is 17.0 Å². The van der Waals surface area contributed by atoms with E-state index in [9.17, 15) is 0 Å². The number of fused-ring (bicyclic) bond motifs is 1. The number of hydrogen-bond donors (Lipinski definition) is 1. The number of hydrogen-bond acceptors (Lipinski definition) is 4. The lowest BCUT2D eigenvalue weighted by molar-refractivity contribution is 0.940. The van der Waals surface area contributed by atoms with Crippen LogP contribution in [0.3, 0.4) is 0 Å². The Morgan fingerprint density at radius 1 is 0.523 bits per heavy atom. The van der Waals surface area contributed by atoms with Crippen LogP contribution in [0.2, 0.25) is 0 Å². The molecule has 2 aromatic heterocycles. The highest BCUT2D eigenvalue weighted by Gasteiger charge is 2.88. The summed E-state index contributed by atoms with van der Waals surface area (Å²) in [6.45, 7) is 2.60. The van der Waals surface area contributed by atoms with Crippen LogP contribution in [0.15, 0.2) is 66.9 Å². The van der Waals surface area contributed by atoms with Gasteiger partial charge in [0.2, 0.25) is 0 Å². The van der Waals surface area contributed by atoms with E-state index in [-0.39, 0.29) is 0 Å². The quantitative estimate of drug-likeness (QED) is 0.107. The molecule has 0 bridgehead atoms. The Morgan fingerprint density at radius 3 is 1.26 bits per heavy atom. The molecule has 1 atom stereocenters. The highest BCUT2D eigenvalue weighted by atomic mass is 31.0. The lowest BCUT2D eigenvalue weighted by atomic mass is 10.2. The van der Waals surface area contributed by atoms with Crippen molar-refractivity contribution in [3.05, 3.63) is 83.8 Å². The van der Waals surface area contributed by atoms with Gasteiger partial charge in [-0.25, -0.2) is 14.6 Å². The van der Waals surface area contributed by atoms with Crippen molar-refractivity contribution < 1.29 is 0 Å². The molecular weight excluding hydrogens is 1420 g/mol. The maximum Gasteiger partial charge on any atom is 0.167 e. The lowest BCUT2D eigenvalue weighted by Crippen LogP contribution is -3.24. The molecule has 0 saturated carbocycles. The number of nitrogens with one attached hydrogen (secondary N) is 1. The molecule has 0 radical (unpaired) electrons. The van der Waals surface area contributed by atoms with E-state index in [0.717, 1.165) is 22.4 Å². The van der Waals surface area contributed by atoms with Gasteiger partial charge >= 0.3 is 0 Å². The van der Waals surface area contributed by atoms with Crippen LogP contribution in [0.4, 0.5) is 5.82 Å². The van der Waals surface area contributed by atoms with Crippen molar-refractivity contribution in [1.82, 2.24) is 19.7 Å². The Morgan fingerprint density at radius 2 is 0.908 bits per heavy atom. The molecule has 0 amide bonds. The third-order valence-electron chi connectivity index (χ3n) is 16.3. The summed E-state index contributed by atoms with van der Waals surface area (Å²) >= 11 is 0. The normalized spacial score (nSPS) is 25.0. The van der Waals surface area contributed by atoms with E-state index >= 15 is 0 Å². The number of anilines is 1. The monoisotopic (exact) mass is 1510 g/mol. The third-order valence-corrected chi connectivity index (χ3v) is 991. The van der Waals surface area contributed by atoms with E-state index in [1.807, 2.05) is 270 Å². The van der Waals surface area contributed by atoms with Gasteiger partial charge in [0.25, 0.3) is 0 Å². The van der Waals surface area contributed by atoms with E-state index in [4.69, 9.17) is 0 Å². The Labute approximate surface area is 480 Å². The molecule has 1 N–H and O–H groups in total. The minimum atomic E-state index is -0.698. The van der Waals surface area contributed by atoms with E-state index in [1.54, 1.807) is 10.9 Å². The van der Waals surface area contributed by atoms with Crippen LogP contribution in [-0.4, -0.2) is 356 Å². The summed E-state index contributed by atoms with van der Waals surface area (Å²) in [7, 11) is 53.8. The van der Waals surface area contributed by atoms with Crippen molar-refractivity contribution in [3.63, 3.8) is 0 Å². The van der Waals surface area contributed by atoms with Crippen molar-refractivity contribution in [2.45, 2.75) is 13.5 Å². The van der Waals surface area contributed by atoms with Gasteiger partial charge in [-0.3, -0.25) is 0 Å². The Balaban J connectivity index is 0.000000369. The highest BCUT2D eigenvalue weighted by molar-refractivity contribution is 8.63. The summed E-state index contributed by atoms with van der Waals surface area (Å²) in [6.07, 6.45) is -1.21. The second kappa shape index (κ2) is 23.3. The fourth-order valence-electron chi connectivity index (χ4n) is 17.3. The molecule has 2 heterocycles. The van der Waals surface area contributed by atoms with Crippen LogP contribution in [0.25, 0.3) is 23.3 Å². The Hall–Kier alpha value is 4.99. The summed E-state index contributed by atoms with van der Waals surface area (Å²) in [5.41, 5.74) is 3.11. The summed E-state index contributed by atoms with van der Waals surface area (Å²) in [4.78, 5) is 9.11. The van der Waals surface area contributed by atoms with Gasteiger partial charge in [-0.05, 0) is 360 Å². The third kappa shape index (κ3) is 12.4. The maximum absolute atomic E-state index is 4.56. The fraction of sp³-hybridized carbons (Fsp3) is 0.0952. The van der Waals surface area contributed by atoms with Crippen molar-refractivity contribution in [1.29, 1.82) is 0 Å². The minimum absolute atomic E-state index is 0.491. The van der Waals surface area contributed by atoms with Crippen LogP contribution in [-0.2, 0) is 6.54 Å². The molecule has 4 rings (SSSR count). The number of nitrogens with zero attached hydrogens (tertiary/aromatic N) is 4. The van der Waals surface area contributed by atoms with E-state index in [0.29, 0.717) is 20.9 Å². The van der Waals surface area contributed by atoms with Crippen LogP contribution < -0.4 is 5.32 Å². The van der Waals surface area contributed by atoms with Gasteiger partial charge in [-0.15, -0.1) is 0 Å². The molecule has 0 saturated heterocycles. The second-order valence-corrected chi connectivity index (χ2v) is 598. The molecule has 0 aliphatic carbocycles. The molecule has 0 fully saturated rings. The predicted octanol–water partition coefficient (Wildman–Crippen LogP) is -31.9. The largest absolute Gasteiger partial charge is 0.365 e. The summed E-state index contributed by atoms with van der Waals surface area (Å²) < 4.78 is 1.78. The van der Waals surface area contributed by atoms with Gasteiger partial charge in [0.1, 0.15) is 11.6 Å². The molecule has 4 aromatic rings. The van der Waals surface area contributed by atoms with Crippen LogP contribution in [0, 0.1) is 6.92 Å². The smallest absolute Gasteiger partial charge is 0.167 e. The van der Waals surface area contributed by atoms with Crippen molar-refractivity contribution in [3.8, 4) is 0 Å². The first-order valence-electron chi connectivity index (χ1n) is 24.8. The van der Waals surface area contributed by atoms with E-state index in [2.05, 4.69) is 83.7 Å².